The van der Waals surface area contributed by atoms with Crippen LogP contribution >= 0.6 is 27.3 Å². The maximum atomic E-state index is 13.5. The summed E-state index contributed by atoms with van der Waals surface area (Å²) < 4.78 is 7.19. The molecule has 36 heavy (non-hydrogen) atoms. The first-order valence-electron chi connectivity index (χ1n) is 11.2. The molecule has 1 N–H and O–H groups in total. The van der Waals surface area contributed by atoms with Gasteiger partial charge in [0.05, 0.1) is 24.1 Å². The minimum atomic E-state index is -0.639. The zero-order chi connectivity index (χ0) is 25.2. The van der Waals surface area contributed by atoms with Gasteiger partial charge in [-0.05, 0) is 47.5 Å². The van der Waals surface area contributed by atoms with E-state index >= 15 is 0 Å². The number of anilines is 1. The summed E-state index contributed by atoms with van der Waals surface area (Å²) in [5.74, 6) is -0.904. The van der Waals surface area contributed by atoms with Crippen LogP contribution in [0.4, 0.5) is 5.00 Å². The van der Waals surface area contributed by atoms with Gasteiger partial charge in [-0.15, -0.1) is 11.3 Å². The Hall–Kier alpha value is -3.82. The minimum absolute atomic E-state index is 0.0140. The fraction of sp³-hybridized carbons (Fsp3) is 0.111. The number of carbonyl (C=O) groups excluding carboxylic acids is 2. The van der Waals surface area contributed by atoms with Crippen molar-refractivity contribution in [1.29, 1.82) is 0 Å². The van der Waals surface area contributed by atoms with Crippen molar-refractivity contribution >= 4 is 65.7 Å². The molecule has 0 bridgehead atoms. The molecule has 0 saturated heterocycles. The van der Waals surface area contributed by atoms with E-state index in [2.05, 4.69) is 26.3 Å². The summed E-state index contributed by atoms with van der Waals surface area (Å²) in [6.45, 7) is 1.87. The van der Waals surface area contributed by atoms with Crippen molar-refractivity contribution in [2.45, 2.75) is 13.3 Å². The number of hydrogen-bond acceptors (Lipinski definition) is 6. The lowest BCUT2D eigenvalue weighted by Crippen LogP contribution is -2.25. The van der Waals surface area contributed by atoms with Gasteiger partial charge in [0.25, 0.3) is 5.56 Å². The molecule has 0 radical (unpaired) electrons. The van der Waals surface area contributed by atoms with Gasteiger partial charge in [-0.3, -0.25) is 9.59 Å². The van der Waals surface area contributed by atoms with Crippen LogP contribution in [0.1, 0.15) is 23.0 Å². The highest BCUT2D eigenvalue weighted by Crippen LogP contribution is 2.31. The van der Waals surface area contributed by atoms with Crippen LogP contribution in [0.2, 0.25) is 0 Å². The molecule has 0 unspecified atom stereocenters. The maximum Gasteiger partial charge on any atom is 0.359 e. The summed E-state index contributed by atoms with van der Waals surface area (Å²) in [5.41, 5.74) is 0.935. The third-order valence-corrected chi connectivity index (χ3v) is 7.10. The predicted octanol–water partition coefficient (Wildman–Crippen LogP) is 5.72. The number of rotatable bonds is 6. The van der Waals surface area contributed by atoms with E-state index in [0.717, 1.165) is 25.5 Å². The van der Waals surface area contributed by atoms with E-state index in [-0.39, 0.29) is 30.0 Å². The molecule has 0 spiro atoms. The molecular formula is C27H20BrN3O4S. The van der Waals surface area contributed by atoms with Crippen LogP contribution in [-0.4, -0.2) is 28.3 Å². The normalized spacial score (nSPS) is 11.1. The molecule has 0 aliphatic rings. The highest BCUT2D eigenvalue weighted by Gasteiger charge is 2.23. The Morgan fingerprint density at radius 1 is 1.03 bits per heavy atom. The van der Waals surface area contributed by atoms with Gasteiger partial charge in [-0.25, -0.2) is 4.79 Å². The lowest BCUT2D eigenvalue weighted by atomic mass is 10.0. The van der Waals surface area contributed by atoms with Gasteiger partial charge in [0.1, 0.15) is 5.00 Å². The molecule has 2 aromatic heterocycles. The molecule has 0 saturated carbocycles. The highest BCUT2D eigenvalue weighted by atomic mass is 79.9. The quantitative estimate of drug-likeness (QED) is 0.268. The molecule has 5 aromatic rings. The van der Waals surface area contributed by atoms with E-state index in [0.29, 0.717) is 16.1 Å². The van der Waals surface area contributed by atoms with Crippen molar-refractivity contribution in [3.05, 3.63) is 98.2 Å². The number of nitrogens with one attached hydrogen (secondary N) is 1. The zero-order valence-corrected chi connectivity index (χ0v) is 21.6. The van der Waals surface area contributed by atoms with E-state index in [1.807, 2.05) is 42.5 Å². The third kappa shape index (κ3) is 4.55. The second kappa shape index (κ2) is 10.0. The number of esters is 1. The second-order valence-electron chi connectivity index (χ2n) is 7.98. The SMILES string of the molecule is CCOC(=O)c1nn(-c2ccc(Br)cc2)c(=O)c2c(NC(=O)Cc3cccc4ccccc34)scc12. The van der Waals surface area contributed by atoms with E-state index in [1.165, 1.54) is 11.3 Å². The number of benzene rings is 3. The first-order chi connectivity index (χ1) is 17.5. The van der Waals surface area contributed by atoms with E-state index in [9.17, 15) is 14.4 Å². The summed E-state index contributed by atoms with van der Waals surface area (Å²) in [4.78, 5) is 39.3. The first kappa shape index (κ1) is 23.9. The van der Waals surface area contributed by atoms with Gasteiger partial charge in [-0.2, -0.15) is 9.78 Å². The summed E-state index contributed by atoms with van der Waals surface area (Å²) in [6, 6.07) is 20.7. The molecule has 5 rings (SSSR count). The number of halogens is 1. The van der Waals surface area contributed by atoms with Crippen molar-refractivity contribution in [2.75, 3.05) is 11.9 Å². The monoisotopic (exact) mass is 561 g/mol. The van der Waals surface area contributed by atoms with Crippen LogP contribution in [-0.2, 0) is 16.0 Å². The number of ether oxygens (including phenoxy) is 1. The smallest absolute Gasteiger partial charge is 0.359 e. The van der Waals surface area contributed by atoms with Crippen molar-refractivity contribution in [1.82, 2.24) is 9.78 Å². The number of fused-ring (bicyclic) bond motifs is 2. The standard InChI is InChI=1S/C27H20BrN3O4S/c1-2-35-27(34)24-21-15-36-25(23(21)26(33)31(30-24)19-12-10-18(28)11-13-19)29-22(32)14-17-8-5-7-16-6-3-4-9-20(16)17/h3-13,15H,2,14H2,1H3,(H,29,32). The van der Waals surface area contributed by atoms with Crippen molar-refractivity contribution < 1.29 is 14.3 Å². The van der Waals surface area contributed by atoms with E-state index in [1.54, 1.807) is 36.6 Å². The van der Waals surface area contributed by atoms with Crippen LogP contribution < -0.4 is 10.9 Å². The Balaban J connectivity index is 1.57. The molecule has 9 heteroatoms. The van der Waals surface area contributed by atoms with Crippen LogP contribution in [0.5, 0.6) is 0 Å². The predicted molar refractivity (Wildman–Crippen MR) is 145 cm³/mol. The van der Waals surface area contributed by atoms with Crippen molar-refractivity contribution in [3.8, 4) is 5.69 Å². The Bertz CT molecular complexity index is 1670. The fourth-order valence-electron chi connectivity index (χ4n) is 4.04. The zero-order valence-electron chi connectivity index (χ0n) is 19.2. The molecule has 3 aromatic carbocycles. The largest absolute Gasteiger partial charge is 0.461 e. The number of amides is 1. The maximum absolute atomic E-state index is 13.5. The van der Waals surface area contributed by atoms with Crippen LogP contribution in [0.15, 0.2) is 81.4 Å². The fourth-order valence-corrected chi connectivity index (χ4v) is 5.26. The summed E-state index contributed by atoms with van der Waals surface area (Å²) in [7, 11) is 0. The molecule has 7 nitrogen and oxygen atoms in total. The molecule has 180 valence electrons. The van der Waals surface area contributed by atoms with Crippen LogP contribution in [0, 0.1) is 0 Å². The summed E-state index contributed by atoms with van der Waals surface area (Å²) in [6.07, 6.45) is 0.136. The number of nitrogens with zero attached hydrogens (tertiary/aromatic N) is 2. The Morgan fingerprint density at radius 2 is 1.78 bits per heavy atom. The lowest BCUT2D eigenvalue weighted by Gasteiger charge is -2.10. The van der Waals surface area contributed by atoms with E-state index < -0.39 is 11.5 Å². The first-order valence-corrected chi connectivity index (χ1v) is 12.9. The molecule has 0 atom stereocenters. The van der Waals surface area contributed by atoms with E-state index in [4.69, 9.17) is 4.74 Å². The summed E-state index contributed by atoms with van der Waals surface area (Å²) in [5, 5.41) is 11.8. The highest BCUT2D eigenvalue weighted by molar-refractivity contribution is 9.10. The lowest BCUT2D eigenvalue weighted by molar-refractivity contribution is -0.115. The van der Waals surface area contributed by atoms with Gasteiger partial charge in [-0.1, -0.05) is 58.4 Å². The Kier molecular flexibility index (Phi) is 6.67. The molecule has 0 aliphatic carbocycles. The van der Waals surface area contributed by atoms with Gasteiger partial charge in [0, 0.05) is 15.2 Å². The number of hydrogen-bond donors (Lipinski definition) is 1. The van der Waals surface area contributed by atoms with Gasteiger partial charge in [0.2, 0.25) is 5.91 Å². The topological polar surface area (TPSA) is 90.3 Å². The molecule has 0 aliphatic heterocycles. The molecule has 2 heterocycles. The van der Waals surface area contributed by atoms with Gasteiger partial charge < -0.3 is 10.1 Å². The van der Waals surface area contributed by atoms with Crippen molar-refractivity contribution in [2.24, 2.45) is 0 Å². The molecule has 1 amide bonds. The molecule has 0 fully saturated rings. The van der Waals surface area contributed by atoms with Crippen molar-refractivity contribution in [3.63, 3.8) is 0 Å². The van der Waals surface area contributed by atoms with Gasteiger partial charge in [0.15, 0.2) is 5.69 Å². The third-order valence-electron chi connectivity index (χ3n) is 5.68. The summed E-state index contributed by atoms with van der Waals surface area (Å²) >= 11 is 4.56. The Morgan fingerprint density at radius 3 is 2.56 bits per heavy atom. The number of carbonyl (C=O) groups is 2. The number of aromatic nitrogens is 2. The molecular weight excluding hydrogens is 542 g/mol. The second-order valence-corrected chi connectivity index (χ2v) is 9.77. The average molecular weight is 562 g/mol. The Labute approximate surface area is 218 Å². The average Bonchev–Trinajstić information content (AvgIpc) is 3.29. The minimum Gasteiger partial charge on any atom is -0.461 e. The van der Waals surface area contributed by atoms with Crippen LogP contribution in [0.3, 0.4) is 0 Å². The van der Waals surface area contributed by atoms with Gasteiger partial charge >= 0.3 is 5.97 Å². The number of thiophene rings is 1. The van der Waals surface area contributed by atoms with Crippen LogP contribution in [0.25, 0.3) is 27.2 Å².